The van der Waals surface area contributed by atoms with Gasteiger partial charge in [-0.25, -0.2) is 4.99 Å². The average molecular weight is 491 g/mol. The Kier molecular flexibility index (Phi) is 9.71. The standard InChI is InChI=1S/C21H28F3N3O7/c1-11(2)7-13(9-26-20(32)16-3-4-17(29)34-16)19(31)27-14(8-12-5-6-25-18(12)30)15(28)10-33-21(22,23)24/h9,11-14,16H,3-8,10H2,1-2H3,(H,25,30)(H,27,31)/t12-,13?,14-,16?/m0/s1. The van der Waals surface area contributed by atoms with Crippen molar-refractivity contribution in [1.29, 1.82) is 0 Å². The number of hydrogen-bond acceptors (Lipinski definition) is 7. The Bertz CT molecular complexity index is 829. The number of rotatable bonds is 11. The molecule has 13 heteroatoms. The van der Waals surface area contributed by atoms with Gasteiger partial charge in [0.1, 0.15) is 6.61 Å². The molecular formula is C21H28F3N3O7. The van der Waals surface area contributed by atoms with E-state index < -0.39 is 60.5 Å². The number of ether oxygens (including phenoxy) is 2. The summed E-state index contributed by atoms with van der Waals surface area (Å²) in [5.41, 5.74) is 0. The first kappa shape index (κ1) is 27.4. The van der Waals surface area contributed by atoms with Gasteiger partial charge in [-0.1, -0.05) is 13.8 Å². The molecule has 0 saturated carbocycles. The summed E-state index contributed by atoms with van der Waals surface area (Å²) in [5.74, 6) is -5.08. The maximum absolute atomic E-state index is 12.9. The summed E-state index contributed by atoms with van der Waals surface area (Å²) < 4.78 is 45.6. The number of ketones is 1. The van der Waals surface area contributed by atoms with E-state index in [-0.39, 0.29) is 37.5 Å². The number of aliphatic imine (C=N–C) groups is 1. The van der Waals surface area contributed by atoms with Crippen molar-refractivity contribution in [3.63, 3.8) is 0 Å². The van der Waals surface area contributed by atoms with E-state index in [1.165, 1.54) is 0 Å². The van der Waals surface area contributed by atoms with Crippen molar-refractivity contribution in [3.05, 3.63) is 0 Å². The van der Waals surface area contributed by atoms with Crippen molar-refractivity contribution in [3.8, 4) is 0 Å². The normalized spacial score (nSPS) is 22.5. The molecule has 0 aliphatic carbocycles. The molecule has 2 aliphatic rings. The van der Waals surface area contributed by atoms with Crippen LogP contribution in [0.1, 0.15) is 46.0 Å². The number of alkyl halides is 3. The van der Waals surface area contributed by atoms with Crippen LogP contribution in [-0.2, 0) is 33.4 Å². The van der Waals surface area contributed by atoms with Gasteiger partial charge in [-0.15, -0.1) is 13.2 Å². The summed E-state index contributed by atoms with van der Waals surface area (Å²) >= 11 is 0. The van der Waals surface area contributed by atoms with Crippen LogP contribution in [0.4, 0.5) is 13.2 Å². The van der Waals surface area contributed by atoms with Gasteiger partial charge in [-0.2, -0.15) is 0 Å². The molecule has 2 N–H and O–H groups in total. The number of cyclic esters (lactones) is 1. The van der Waals surface area contributed by atoms with Gasteiger partial charge in [0.25, 0.3) is 5.91 Å². The van der Waals surface area contributed by atoms with Crippen molar-refractivity contribution in [2.45, 2.75) is 64.5 Å². The fraction of sp³-hybridized carbons (Fsp3) is 0.714. The van der Waals surface area contributed by atoms with Gasteiger partial charge in [-0.05, 0) is 25.2 Å². The first-order chi connectivity index (χ1) is 15.9. The van der Waals surface area contributed by atoms with Crippen LogP contribution < -0.4 is 10.6 Å². The number of nitrogens with zero attached hydrogens (tertiary/aromatic N) is 1. The average Bonchev–Trinajstić information content (AvgIpc) is 3.35. The maximum atomic E-state index is 12.9. The van der Waals surface area contributed by atoms with Gasteiger partial charge in [0.15, 0.2) is 11.9 Å². The third kappa shape index (κ3) is 8.84. The SMILES string of the molecule is CC(C)CC(C=NC(=O)C1CCC(=O)O1)C(=O)N[C@@H](C[C@@H]1CCNC1=O)C(=O)COC(F)(F)F. The van der Waals surface area contributed by atoms with Crippen LogP contribution in [0.3, 0.4) is 0 Å². The van der Waals surface area contributed by atoms with E-state index in [2.05, 4.69) is 20.4 Å². The van der Waals surface area contributed by atoms with Gasteiger partial charge in [-0.3, -0.25) is 28.7 Å². The maximum Gasteiger partial charge on any atom is 0.522 e. The van der Waals surface area contributed by atoms with Gasteiger partial charge >= 0.3 is 12.3 Å². The Morgan fingerprint density at radius 2 is 1.97 bits per heavy atom. The fourth-order valence-corrected chi connectivity index (χ4v) is 3.65. The number of hydrogen-bond donors (Lipinski definition) is 2. The molecule has 4 atom stereocenters. The van der Waals surface area contributed by atoms with Crippen LogP contribution >= 0.6 is 0 Å². The van der Waals surface area contributed by atoms with Crippen molar-refractivity contribution in [1.82, 2.24) is 10.6 Å². The van der Waals surface area contributed by atoms with Crippen molar-refractivity contribution >= 4 is 35.7 Å². The summed E-state index contributed by atoms with van der Waals surface area (Å²) in [6.45, 7) is 2.64. The lowest BCUT2D eigenvalue weighted by atomic mass is 9.93. The third-order valence-corrected chi connectivity index (χ3v) is 5.37. The highest BCUT2D eigenvalue weighted by atomic mass is 19.4. The minimum Gasteiger partial charge on any atom is -0.452 e. The second-order valence-corrected chi connectivity index (χ2v) is 8.64. The molecule has 0 aromatic heterocycles. The summed E-state index contributed by atoms with van der Waals surface area (Å²) in [7, 11) is 0. The summed E-state index contributed by atoms with van der Waals surface area (Å²) in [5, 5.41) is 4.97. The Hall–Kier alpha value is -2.83. The minimum atomic E-state index is -5.04. The van der Waals surface area contributed by atoms with E-state index in [1.54, 1.807) is 13.8 Å². The van der Waals surface area contributed by atoms with Gasteiger partial charge in [0.05, 0.1) is 12.0 Å². The van der Waals surface area contributed by atoms with E-state index in [4.69, 9.17) is 4.74 Å². The molecule has 0 spiro atoms. The Balaban J connectivity index is 2.12. The zero-order valence-electron chi connectivity index (χ0n) is 18.9. The van der Waals surface area contributed by atoms with Crippen molar-refractivity contribution < 1.29 is 46.6 Å². The van der Waals surface area contributed by atoms with Crippen LogP contribution in [0.2, 0.25) is 0 Å². The number of halogens is 3. The predicted molar refractivity (Wildman–Crippen MR) is 110 cm³/mol. The molecule has 2 rings (SSSR count). The van der Waals surface area contributed by atoms with E-state index in [1.807, 2.05) is 0 Å². The topological polar surface area (TPSA) is 140 Å². The minimum absolute atomic E-state index is 0.0371. The molecular weight excluding hydrogens is 463 g/mol. The second-order valence-electron chi connectivity index (χ2n) is 8.64. The smallest absolute Gasteiger partial charge is 0.452 e. The van der Waals surface area contributed by atoms with E-state index in [0.29, 0.717) is 13.0 Å². The van der Waals surface area contributed by atoms with Crippen molar-refractivity contribution in [2.24, 2.45) is 22.7 Å². The van der Waals surface area contributed by atoms with Crippen LogP contribution in [-0.4, -0.2) is 67.3 Å². The number of esters is 1. The van der Waals surface area contributed by atoms with Gasteiger partial charge in [0.2, 0.25) is 11.8 Å². The van der Waals surface area contributed by atoms with Gasteiger partial charge in [0, 0.05) is 31.5 Å². The second kappa shape index (κ2) is 12.0. The highest BCUT2D eigenvalue weighted by Gasteiger charge is 2.36. The number of nitrogens with one attached hydrogen (secondary N) is 2. The highest BCUT2D eigenvalue weighted by molar-refractivity contribution is 6.01. The van der Waals surface area contributed by atoms with Gasteiger partial charge < -0.3 is 15.4 Å². The summed E-state index contributed by atoms with van der Waals surface area (Å²) in [6.07, 6.45) is -4.33. The Labute approximate surface area is 194 Å². The molecule has 0 aromatic rings. The molecule has 34 heavy (non-hydrogen) atoms. The van der Waals surface area contributed by atoms with Crippen LogP contribution in [0.5, 0.6) is 0 Å². The molecule has 3 amide bonds. The molecule has 2 heterocycles. The molecule has 0 radical (unpaired) electrons. The zero-order chi connectivity index (χ0) is 25.5. The summed E-state index contributed by atoms with van der Waals surface area (Å²) in [4.78, 5) is 64.3. The lowest BCUT2D eigenvalue weighted by Crippen LogP contribution is -2.47. The Morgan fingerprint density at radius 1 is 1.26 bits per heavy atom. The molecule has 0 bridgehead atoms. The number of amides is 3. The van der Waals surface area contributed by atoms with Crippen LogP contribution in [0.25, 0.3) is 0 Å². The first-order valence-corrected chi connectivity index (χ1v) is 10.9. The molecule has 2 fully saturated rings. The molecule has 2 saturated heterocycles. The predicted octanol–water partition coefficient (Wildman–Crippen LogP) is 1.07. The molecule has 0 aromatic carbocycles. The lowest BCUT2D eigenvalue weighted by Gasteiger charge is -2.23. The Morgan fingerprint density at radius 3 is 2.50 bits per heavy atom. The lowest BCUT2D eigenvalue weighted by molar-refractivity contribution is -0.321. The third-order valence-electron chi connectivity index (χ3n) is 5.37. The number of Topliss-reactive ketones (excluding diaryl/α,β-unsaturated/α-hetero) is 1. The highest BCUT2D eigenvalue weighted by Crippen LogP contribution is 2.21. The van der Waals surface area contributed by atoms with E-state index in [9.17, 15) is 37.1 Å². The quantitative estimate of drug-likeness (QED) is 0.325. The van der Waals surface area contributed by atoms with E-state index in [0.717, 1.165) is 6.21 Å². The van der Waals surface area contributed by atoms with E-state index >= 15 is 0 Å². The molecule has 190 valence electrons. The van der Waals surface area contributed by atoms with Crippen LogP contribution in [0, 0.1) is 17.8 Å². The number of carbonyl (C=O) groups is 5. The largest absolute Gasteiger partial charge is 0.522 e. The van der Waals surface area contributed by atoms with Crippen molar-refractivity contribution in [2.75, 3.05) is 13.2 Å². The fourth-order valence-electron chi connectivity index (χ4n) is 3.65. The zero-order valence-corrected chi connectivity index (χ0v) is 18.9. The first-order valence-electron chi connectivity index (χ1n) is 10.9. The molecule has 10 nitrogen and oxygen atoms in total. The van der Waals surface area contributed by atoms with Crippen LogP contribution in [0.15, 0.2) is 4.99 Å². The number of carbonyl (C=O) groups excluding carboxylic acids is 5. The monoisotopic (exact) mass is 491 g/mol. The molecule has 2 unspecified atom stereocenters. The molecule has 2 aliphatic heterocycles. The summed E-state index contributed by atoms with van der Waals surface area (Å²) in [6, 6.07) is -1.40.